The van der Waals surface area contributed by atoms with Gasteiger partial charge in [0.1, 0.15) is 0 Å². The minimum Gasteiger partial charge on any atom is -0.254 e. The maximum atomic E-state index is 11.4. The molecule has 0 saturated carbocycles. The molecular formula is C8H14OS. The third kappa shape index (κ3) is 2.51. The Morgan fingerprint density at radius 1 is 1.50 bits per heavy atom. The molecule has 0 spiro atoms. The van der Waals surface area contributed by atoms with Gasteiger partial charge in [0.2, 0.25) is 0 Å². The smallest absolute Gasteiger partial charge is 0.0617 e. The quantitative estimate of drug-likeness (QED) is 0.535. The third-order valence-corrected chi connectivity index (χ3v) is 2.90. The van der Waals surface area contributed by atoms with E-state index in [0.29, 0.717) is 0 Å². The van der Waals surface area contributed by atoms with E-state index in [2.05, 4.69) is 12.3 Å². The van der Waals surface area contributed by atoms with Gasteiger partial charge < -0.3 is 0 Å². The lowest BCUT2D eigenvalue weighted by Gasteiger charge is -2.16. The van der Waals surface area contributed by atoms with E-state index in [1.54, 1.807) is 6.92 Å². The highest BCUT2D eigenvalue weighted by Crippen LogP contribution is 2.16. The summed E-state index contributed by atoms with van der Waals surface area (Å²) < 4.78 is 11.2. The van der Waals surface area contributed by atoms with Crippen molar-refractivity contribution in [1.29, 1.82) is 0 Å². The van der Waals surface area contributed by atoms with Crippen LogP contribution in [0.1, 0.15) is 27.7 Å². The van der Waals surface area contributed by atoms with E-state index in [1.165, 1.54) is 0 Å². The molecule has 0 saturated heterocycles. The summed E-state index contributed by atoms with van der Waals surface area (Å²) in [6.45, 7) is 11.0. The molecule has 0 bridgehead atoms. The number of hydrogen-bond donors (Lipinski definition) is 0. The first-order valence-electron chi connectivity index (χ1n) is 3.18. The monoisotopic (exact) mass is 158 g/mol. The molecule has 0 aromatic carbocycles. The van der Waals surface area contributed by atoms with Gasteiger partial charge in [-0.3, -0.25) is 4.21 Å². The molecule has 0 rings (SSSR count). The molecule has 0 radical (unpaired) electrons. The largest absolute Gasteiger partial charge is 0.254 e. The summed E-state index contributed by atoms with van der Waals surface area (Å²) in [5, 5.41) is 0. The zero-order valence-corrected chi connectivity index (χ0v) is 7.84. The molecule has 2 heteroatoms. The van der Waals surface area contributed by atoms with Crippen LogP contribution in [0.5, 0.6) is 0 Å². The van der Waals surface area contributed by atoms with Crippen LogP contribution in [-0.4, -0.2) is 8.96 Å². The minimum absolute atomic E-state index is 0.186. The molecule has 0 aliphatic heterocycles. The molecule has 0 aliphatic carbocycles. The second-order valence-electron chi connectivity index (χ2n) is 3.11. The Hall–Kier alpha value is -0.330. The molecule has 0 amide bonds. The highest BCUT2D eigenvalue weighted by Gasteiger charge is 2.20. The summed E-state index contributed by atoms with van der Waals surface area (Å²) in [6.07, 6.45) is 0. The normalized spacial score (nSPS) is 14.0. The van der Waals surface area contributed by atoms with Gasteiger partial charge in [0.25, 0.3) is 0 Å². The Morgan fingerprint density at radius 2 is 1.90 bits per heavy atom. The molecule has 10 heavy (non-hydrogen) atoms. The van der Waals surface area contributed by atoms with E-state index in [1.807, 2.05) is 20.8 Å². The van der Waals surface area contributed by atoms with Gasteiger partial charge in [-0.1, -0.05) is 6.58 Å². The van der Waals surface area contributed by atoms with E-state index in [4.69, 9.17) is 0 Å². The van der Waals surface area contributed by atoms with Crippen molar-refractivity contribution >= 4 is 10.8 Å². The van der Waals surface area contributed by atoms with Gasteiger partial charge in [-0.2, -0.15) is 0 Å². The Kier molecular flexibility index (Phi) is 3.07. The Morgan fingerprint density at radius 3 is 2.00 bits per heavy atom. The Balaban J connectivity index is 4.55. The zero-order valence-electron chi connectivity index (χ0n) is 7.02. The van der Waals surface area contributed by atoms with Gasteiger partial charge in [-0.25, -0.2) is 0 Å². The maximum Gasteiger partial charge on any atom is 0.0617 e. The van der Waals surface area contributed by atoms with E-state index in [9.17, 15) is 4.21 Å². The van der Waals surface area contributed by atoms with Crippen LogP contribution in [0.4, 0.5) is 0 Å². The van der Waals surface area contributed by atoms with Crippen LogP contribution in [0.3, 0.4) is 0 Å². The van der Waals surface area contributed by atoms with Crippen LogP contribution in [0, 0.1) is 0 Å². The maximum absolute atomic E-state index is 11.4. The highest BCUT2D eigenvalue weighted by atomic mass is 32.2. The van der Waals surface area contributed by atoms with Crippen molar-refractivity contribution in [2.45, 2.75) is 32.4 Å². The van der Waals surface area contributed by atoms with Crippen molar-refractivity contribution in [3.63, 3.8) is 0 Å². The fourth-order valence-corrected chi connectivity index (χ4v) is 1.57. The van der Waals surface area contributed by atoms with Gasteiger partial charge >= 0.3 is 0 Å². The van der Waals surface area contributed by atoms with Crippen molar-refractivity contribution in [3.8, 4) is 0 Å². The Labute approximate surface area is 65.3 Å². The zero-order chi connectivity index (χ0) is 8.36. The summed E-state index contributed by atoms with van der Waals surface area (Å²) >= 11 is 0. The lowest BCUT2D eigenvalue weighted by Crippen LogP contribution is -2.21. The van der Waals surface area contributed by atoms with E-state index in [0.717, 1.165) is 4.91 Å². The average Bonchev–Trinajstić information content (AvgIpc) is 1.83. The Bertz CT molecular complexity index is 192. The summed E-state index contributed by atoms with van der Waals surface area (Å²) in [4.78, 5) is 0.729. The molecule has 0 aromatic rings. The minimum atomic E-state index is -0.939. The van der Waals surface area contributed by atoms with Crippen LogP contribution >= 0.6 is 0 Å². The summed E-state index contributed by atoms with van der Waals surface area (Å²) in [6, 6.07) is 0. The summed E-state index contributed by atoms with van der Waals surface area (Å²) in [7, 11) is -0.939. The predicted octanol–water partition coefficient (Wildman–Crippen LogP) is 2.22. The van der Waals surface area contributed by atoms with Crippen LogP contribution < -0.4 is 0 Å². The van der Waals surface area contributed by atoms with Crippen molar-refractivity contribution < 1.29 is 4.21 Å². The van der Waals surface area contributed by atoms with E-state index < -0.39 is 10.8 Å². The predicted molar refractivity (Wildman–Crippen MR) is 46.2 cm³/mol. The standard InChI is InChI=1S/C8H14OS/c1-6-7(2)10(9)8(3,4)5/h1H2,2-5H3. The average molecular weight is 158 g/mol. The molecular weight excluding hydrogens is 144 g/mol. The van der Waals surface area contributed by atoms with Gasteiger partial charge in [-0.05, 0) is 27.7 Å². The first-order valence-corrected chi connectivity index (χ1v) is 4.33. The van der Waals surface area contributed by atoms with E-state index >= 15 is 0 Å². The fraction of sp³-hybridized carbons (Fsp3) is 0.625. The lowest BCUT2D eigenvalue weighted by molar-refractivity contribution is 0.654. The lowest BCUT2D eigenvalue weighted by atomic mass is 10.3. The van der Waals surface area contributed by atoms with E-state index in [-0.39, 0.29) is 4.75 Å². The van der Waals surface area contributed by atoms with Crippen LogP contribution in [0.25, 0.3) is 0 Å². The van der Waals surface area contributed by atoms with Crippen molar-refractivity contribution in [2.24, 2.45) is 0 Å². The second kappa shape index (κ2) is 3.18. The third-order valence-electron chi connectivity index (χ3n) is 1.08. The van der Waals surface area contributed by atoms with Gasteiger partial charge in [-0.15, -0.1) is 5.73 Å². The fourth-order valence-electron chi connectivity index (χ4n) is 0.525. The van der Waals surface area contributed by atoms with Gasteiger partial charge in [0.05, 0.1) is 15.7 Å². The first kappa shape index (κ1) is 9.67. The molecule has 0 aromatic heterocycles. The molecule has 0 aliphatic rings. The molecule has 0 heterocycles. The molecule has 1 atom stereocenters. The SMILES string of the molecule is C=C=C(C)S(=O)C(C)(C)C. The topological polar surface area (TPSA) is 17.1 Å². The highest BCUT2D eigenvalue weighted by molar-refractivity contribution is 7.90. The molecule has 1 nitrogen and oxygen atoms in total. The number of hydrogen-bond acceptors (Lipinski definition) is 1. The number of rotatable bonds is 1. The molecule has 0 fully saturated rings. The molecule has 0 N–H and O–H groups in total. The molecule has 1 unspecified atom stereocenters. The van der Waals surface area contributed by atoms with Crippen molar-refractivity contribution in [1.82, 2.24) is 0 Å². The van der Waals surface area contributed by atoms with Crippen LogP contribution in [0.2, 0.25) is 0 Å². The van der Waals surface area contributed by atoms with Crippen molar-refractivity contribution in [2.75, 3.05) is 0 Å². The van der Waals surface area contributed by atoms with Crippen LogP contribution in [0.15, 0.2) is 17.2 Å². The molecule has 58 valence electrons. The van der Waals surface area contributed by atoms with Crippen LogP contribution in [-0.2, 0) is 10.8 Å². The van der Waals surface area contributed by atoms with Gasteiger partial charge in [0.15, 0.2) is 0 Å². The first-order chi connectivity index (χ1) is 4.39. The van der Waals surface area contributed by atoms with Gasteiger partial charge in [0, 0.05) is 4.75 Å². The summed E-state index contributed by atoms with van der Waals surface area (Å²) in [5.74, 6) is 0. The van der Waals surface area contributed by atoms with Crippen molar-refractivity contribution in [3.05, 3.63) is 17.2 Å². The number of allylic oxidation sites excluding steroid dienone is 1. The second-order valence-corrected chi connectivity index (χ2v) is 5.49. The summed E-state index contributed by atoms with van der Waals surface area (Å²) in [5.41, 5.74) is 2.64.